The lowest BCUT2D eigenvalue weighted by molar-refractivity contribution is 0.0324. The maximum Gasteiger partial charge on any atom is 0.0701 e. The Bertz CT molecular complexity index is 189. The summed E-state index contributed by atoms with van der Waals surface area (Å²) in [5.74, 6) is 0. The highest BCUT2D eigenvalue weighted by molar-refractivity contribution is 4.34. The normalized spacial score (nSPS) is 10.0. The fraction of sp³-hybridized carbons (Fsp3) is 1.00. The van der Waals surface area contributed by atoms with Crippen LogP contribution in [-0.2, 0) is 18.9 Å². The van der Waals surface area contributed by atoms with Crippen molar-refractivity contribution in [3.63, 3.8) is 0 Å². The Morgan fingerprint density at radius 2 is 0.667 bits per heavy atom. The van der Waals surface area contributed by atoms with E-state index in [1.54, 1.807) is 0 Å². The smallest absolute Gasteiger partial charge is 0.0701 e. The maximum atomic E-state index is 8.34. The summed E-state index contributed by atoms with van der Waals surface area (Å²) in [6.07, 6.45) is 7.18. The van der Waals surface area contributed by atoms with Crippen LogP contribution in [0.2, 0.25) is 0 Å². The first-order valence-electron chi connectivity index (χ1n) is 10.4. The molecule has 7 heteroatoms. The van der Waals surface area contributed by atoms with Crippen molar-refractivity contribution in [3.05, 3.63) is 0 Å². The molecule has 0 spiro atoms. The minimum absolute atomic E-state index is 0.0278. The van der Waals surface area contributed by atoms with Gasteiger partial charge in [-0.15, -0.1) is 0 Å². The van der Waals surface area contributed by atoms with E-state index in [2.05, 4.69) is 25.5 Å². The fourth-order valence-corrected chi connectivity index (χ4v) is 1.46. The second-order valence-corrected chi connectivity index (χ2v) is 5.68. The van der Waals surface area contributed by atoms with Gasteiger partial charge in [-0.2, -0.15) is 0 Å². The first kappa shape index (κ1) is 31.4. The summed E-state index contributed by atoms with van der Waals surface area (Å²) in [4.78, 5) is 0. The van der Waals surface area contributed by atoms with E-state index in [1.165, 1.54) is 25.7 Å². The first-order chi connectivity index (χ1) is 13.2. The van der Waals surface area contributed by atoms with Gasteiger partial charge in [-0.1, -0.05) is 40.0 Å². The largest absolute Gasteiger partial charge is 0.394 e. The summed E-state index contributed by atoms with van der Waals surface area (Å²) in [5.41, 5.74) is 0. The Labute approximate surface area is 167 Å². The van der Waals surface area contributed by atoms with Crippen molar-refractivity contribution >= 4 is 0 Å². The molecule has 168 valence electrons. The van der Waals surface area contributed by atoms with Crippen LogP contribution >= 0.6 is 0 Å². The lowest BCUT2D eigenvalue weighted by atomic mass is 10.3. The fourth-order valence-electron chi connectivity index (χ4n) is 1.46. The molecule has 0 saturated carbocycles. The Balaban J connectivity index is -0.000000329. The van der Waals surface area contributed by atoms with E-state index in [0.717, 1.165) is 32.7 Å². The number of hydrogen-bond acceptors (Lipinski definition) is 7. The maximum absolute atomic E-state index is 8.34. The SMILES string of the molecule is CCCCOCCCC.CCCCOCCOCCO.OCCOCCO. The minimum atomic E-state index is 0.0278. The van der Waals surface area contributed by atoms with Gasteiger partial charge in [0, 0.05) is 19.8 Å². The zero-order valence-corrected chi connectivity index (χ0v) is 18.0. The van der Waals surface area contributed by atoms with E-state index in [4.69, 9.17) is 29.5 Å². The second kappa shape index (κ2) is 36.6. The van der Waals surface area contributed by atoms with Gasteiger partial charge in [0.15, 0.2) is 0 Å². The number of unbranched alkanes of at least 4 members (excludes halogenated alkanes) is 3. The van der Waals surface area contributed by atoms with Crippen LogP contribution in [0, 0.1) is 0 Å². The van der Waals surface area contributed by atoms with Crippen LogP contribution in [-0.4, -0.2) is 88.0 Å². The highest BCUT2D eigenvalue weighted by Crippen LogP contribution is 1.91. The van der Waals surface area contributed by atoms with Gasteiger partial charge < -0.3 is 34.3 Å². The third-order valence-electron chi connectivity index (χ3n) is 3.01. The van der Waals surface area contributed by atoms with E-state index in [-0.39, 0.29) is 19.8 Å². The third-order valence-corrected chi connectivity index (χ3v) is 3.01. The molecule has 0 heterocycles. The Morgan fingerprint density at radius 3 is 0.963 bits per heavy atom. The van der Waals surface area contributed by atoms with E-state index >= 15 is 0 Å². The minimum Gasteiger partial charge on any atom is -0.394 e. The molecule has 7 nitrogen and oxygen atoms in total. The lowest BCUT2D eigenvalue weighted by Gasteiger charge is -2.02. The Hall–Kier alpha value is -0.280. The zero-order chi connectivity index (χ0) is 20.8. The van der Waals surface area contributed by atoms with Crippen LogP contribution in [0.25, 0.3) is 0 Å². The van der Waals surface area contributed by atoms with Gasteiger partial charge in [0.2, 0.25) is 0 Å². The van der Waals surface area contributed by atoms with Gasteiger partial charge >= 0.3 is 0 Å². The van der Waals surface area contributed by atoms with Crippen molar-refractivity contribution < 1.29 is 34.3 Å². The molecule has 0 fully saturated rings. The van der Waals surface area contributed by atoms with Crippen LogP contribution in [0.15, 0.2) is 0 Å². The molecule has 27 heavy (non-hydrogen) atoms. The summed E-state index contributed by atoms with van der Waals surface area (Å²) in [5, 5.41) is 24.5. The summed E-state index contributed by atoms with van der Waals surface area (Å²) < 4.78 is 20.1. The van der Waals surface area contributed by atoms with Crippen molar-refractivity contribution in [3.8, 4) is 0 Å². The van der Waals surface area contributed by atoms with Crippen LogP contribution in [0.5, 0.6) is 0 Å². The number of hydrogen-bond donors (Lipinski definition) is 3. The third kappa shape index (κ3) is 46.1. The van der Waals surface area contributed by atoms with E-state index in [9.17, 15) is 0 Å². The predicted octanol–water partition coefficient (Wildman–Crippen LogP) is 2.40. The molecule has 0 amide bonds. The zero-order valence-electron chi connectivity index (χ0n) is 18.0. The quantitative estimate of drug-likeness (QED) is 0.305. The molecule has 0 rings (SSSR count). The lowest BCUT2D eigenvalue weighted by Crippen LogP contribution is -2.07. The second-order valence-electron chi connectivity index (χ2n) is 5.68. The highest BCUT2D eigenvalue weighted by atomic mass is 16.5. The average molecular weight is 399 g/mol. The molecule has 0 radical (unpaired) electrons. The van der Waals surface area contributed by atoms with Crippen LogP contribution in [0.3, 0.4) is 0 Å². The topological polar surface area (TPSA) is 97.6 Å². The predicted molar refractivity (Wildman–Crippen MR) is 109 cm³/mol. The molecule has 0 bridgehead atoms. The number of aliphatic hydroxyl groups excluding tert-OH is 3. The Kier molecular flexibility index (Phi) is 42.6. The number of rotatable bonds is 18. The van der Waals surface area contributed by atoms with Crippen LogP contribution in [0.1, 0.15) is 59.3 Å². The van der Waals surface area contributed by atoms with Crippen LogP contribution < -0.4 is 0 Å². The van der Waals surface area contributed by atoms with Crippen molar-refractivity contribution in [1.29, 1.82) is 0 Å². The molecule has 0 aliphatic heterocycles. The molecule has 0 unspecified atom stereocenters. The molecule has 0 aliphatic rings. The molecule has 0 atom stereocenters. The molecule has 0 saturated heterocycles. The first-order valence-corrected chi connectivity index (χ1v) is 10.4. The van der Waals surface area contributed by atoms with Crippen molar-refractivity contribution in [2.75, 3.05) is 72.7 Å². The van der Waals surface area contributed by atoms with E-state index in [1.807, 2.05) is 0 Å². The highest BCUT2D eigenvalue weighted by Gasteiger charge is 1.88. The standard InChI is InChI=1S/C8H18O3.C8H18O.C4H10O3/c1-2-3-5-10-7-8-11-6-4-9;1-3-5-7-9-8-6-4-2;5-1-3-7-4-2-6/h9H,2-8H2,1H3;3-8H2,1-2H3;5-6H,1-4H2. The van der Waals surface area contributed by atoms with Crippen molar-refractivity contribution in [1.82, 2.24) is 0 Å². The Morgan fingerprint density at radius 1 is 0.407 bits per heavy atom. The van der Waals surface area contributed by atoms with Gasteiger partial charge in [0.25, 0.3) is 0 Å². The molecule has 0 aromatic rings. The summed E-state index contributed by atoms with van der Waals surface area (Å²) >= 11 is 0. The monoisotopic (exact) mass is 398 g/mol. The molecule has 0 aliphatic carbocycles. The van der Waals surface area contributed by atoms with E-state index < -0.39 is 0 Å². The average Bonchev–Trinajstić information content (AvgIpc) is 2.69. The number of ether oxygens (including phenoxy) is 4. The van der Waals surface area contributed by atoms with Crippen molar-refractivity contribution in [2.24, 2.45) is 0 Å². The van der Waals surface area contributed by atoms with Gasteiger partial charge in [0.05, 0.1) is 52.9 Å². The summed E-state index contributed by atoms with van der Waals surface area (Å²) in [6.45, 7) is 11.7. The molecular formula is C20H46O7. The molecule has 3 N–H and O–H groups in total. The van der Waals surface area contributed by atoms with Gasteiger partial charge in [-0.25, -0.2) is 0 Å². The van der Waals surface area contributed by atoms with Crippen LogP contribution in [0.4, 0.5) is 0 Å². The molecule has 0 aromatic heterocycles. The molecule has 0 aromatic carbocycles. The van der Waals surface area contributed by atoms with Gasteiger partial charge in [-0.05, 0) is 19.3 Å². The van der Waals surface area contributed by atoms with Crippen molar-refractivity contribution in [2.45, 2.75) is 59.3 Å². The van der Waals surface area contributed by atoms with Gasteiger partial charge in [0.1, 0.15) is 0 Å². The summed E-state index contributed by atoms with van der Waals surface area (Å²) in [7, 11) is 0. The molecular weight excluding hydrogens is 352 g/mol. The van der Waals surface area contributed by atoms with E-state index in [0.29, 0.717) is 33.0 Å². The summed E-state index contributed by atoms with van der Waals surface area (Å²) in [6, 6.07) is 0. The number of aliphatic hydroxyl groups is 3. The van der Waals surface area contributed by atoms with Gasteiger partial charge in [-0.3, -0.25) is 0 Å².